The van der Waals surface area contributed by atoms with Crippen molar-refractivity contribution in [3.8, 4) is 0 Å². The highest BCUT2D eigenvalue weighted by molar-refractivity contribution is 6.18. The van der Waals surface area contributed by atoms with Crippen molar-refractivity contribution in [3.05, 3.63) is 11.1 Å². The highest BCUT2D eigenvalue weighted by atomic mass is 16.3. The third kappa shape index (κ3) is 1.49. The Balaban J connectivity index is 2.94. The molecular weight excluding hydrogens is 170 g/mol. The van der Waals surface area contributed by atoms with Crippen molar-refractivity contribution >= 4 is 11.8 Å². The van der Waals surface area contributed by atoms with Gasteiger partial charge in [0.25, 0.3) is 11.8 Å². The molecule has 1 heterocycles. The van der Waals surface area contributed by atoms with Gasteiger partial charge in [0.05, 0.1) is 0 Å². The van der Waals surface area contributed by atoms with Crippen LogP contribution in [0.3, 0.4) is 0 Å². The summed E-state index contributed by atoms with van der Waals surface area (Å²) in [5.41, 5.74) is 1.02. The number of amides is 2. The Morgan fingerprint density at radius 3 is 2.31 bits per heavy atom. The number of aliphatic hydroxyl groups excluding tert-OH is 1. The number of rotatable bonds is 3. The highest BCUT2D eigenvalue weighted by Crippen LogP contribution is 2.23. The first-order valence-electron chi connectivity index (χ1n) is 4.30. The van der Waals surface area contributed by atoms with Crippen molar-refractivity contribution in [2.45, 2.75) is 26.7 Å². The van der Waals surface area contributed by atoms with Gasteiger partial charge >= 0.3 is 0 Å². The van der Waals surface area contributed by atoms with Crippen molar-refractivity contribution in [2.75, 3.05) is 6.73 Å². The van der Waals surface area contributed by atoms with Crippen molar-refractivity contribution in [3.63, 3.8) is 0 Å². The van der Waals surface area contributed by atoms with Gasteiger partial charge in [-0.1, -0.05) is 13.3 Å². The molecule has 0 bridgehead atoms. The lowest BCUT2D eigenvalue weighted by Gasteiger charge is -2.09. The lowest BCUT2D eigenvalue weighted by molar-refractivity contribution is -0.141. The second-order valence-electron chi connectivity index (χ2n) is 3.03. The lowest BCUT2D eigenvalue weighted by atomic mass is 10.1. The molecule has 1 N–H and O–H groups in total. The van der Waals surface area contributed by atoms with Crippen LogP contribution in [-0.2, 0) is 9.59 Å². The number of carbonyl (C=O) groups excluding carboxylic acids is 2. The number of carbonyl (C=O) groups is 2. The molecule has 1 rings (SSSR count). The molecule has 0 spiro atoms. The normalized spacial score (nSPS) is 17.6. The van der Waals surface area contributed by atoms with Crippen LogP contribution in [0.2, 0.25) is 0 Å². The minimum atomic E-state index is -0.526. The first kappa shape index (κ1) is 9.92. The Hall–Kier alpha value is -1.16. The van der Waals surface area contributed by atoms with Crippen LogP contribution >= 0.6 is 0 Å². The lowest BCUT2D eigenvalue weighted by Crippen LogP contribution is -2.32. The maximum absolute atomic E-state index is 11.4. The van der Waals surface area contributed by atoms with Gasteiger partial charge in [-0.25, -0.2) is 0 Å². The van der Waals surface area contributed by atoms with Gasteiger partial charge in [0.15, 0.2) is 0 Å². The van der Waals surface area contributed by atoms with Crippen molar-refractivity contribution in [1.82, 2.24) is 4.90 Å². The zero-order valence-electron chi connectivity index (χ0n) is 7.83. The SMILES string of the molecule is CCCC1=C(C)C(=O)N(CO)C1=O. The maximum Gasteiger partial charge on any atom is 0.259 e. The second kappa shape index (κ2) is 3.70. The van der Waals surface area contributed by atoms with E-state index in [4.69, 9.17) is 5.11 Å². The van der Waals surface area contributed by atoms with E-state index in [0.717, 1.165) is 11.3 Å². The number of imide groups is 1. The van der Waals surface area contributed by atoms with Gasteiger partial charge in [-0.05, 0) is 13.3 Å². The van der Waals surface area contributed by atoms with Gasteiger partial charge in [-0.3, -0.25) is 14.5 Å². The van der Waals surface area contributed by atoms with Crippen molar-refractivity contribution < 1.29 is 14.7 Å². The zero-order chi connectivity index (χ0) is 10.0. The van der Waals surface area contributed by atoms with Crippen LogP contribution in [0.15, 0.2) is 11.1 Å². The average Bonchev–Trinajstić information content (AvgIpc) is 2.31. The van der Waals surface area contributed by atoms with E-state index in [0.29, 0.717) is 17.6 Å². The quantitative estimate of drug-likeness (QED) is 0.645. The van der Waals surface area contributed by atoms with E-state index < -0.39 is 6.73 Å². The molecule has 0 fully saturated rings. The van der Waals surface area contributed by atoms with Crippen molar-refractivity contribution in [2.24, 2.45) is 0 Å². The molecule has 4 heteroatoms. The van der Waals surface area contributed by atoms with Gasteiger partial charge in [0.1, 0.15) is 6.73 Å². The van der Waals surface area contributed by atoms with Crippen LogP contribution in [0.4, 0.5) is 0 Å². The molecule has 2 amide bonds. The monoisotopic (exact) mass is 183 g/mol. The minimum absolute atomic E-state index is 0.341. The van der Waals surface area contributed by atoms with Gasteiger partial charge in [0.2, 0.25) is 0 Å². The first-order valence-corrected chi connectivity index (χ1v) is 4.30. The molecule has 0 saturated heterocycles. The number of aliphatic hydroxyl groups is 1. The summed E-state index contributed by atoms with van der Waals surface area (Å²) in [4.78, 5) is 23.6. The molecule has 13 heavy (non-hydrogen) atoms. The Morgan fingerprint density at radius 2 is 1.92 bits per heavy atom. The predicted molar refractivity (Wildman–Crippen MR) is 46.5 cm³/mol. The molecule has 1 aliphatic rings. The average molecular weight is 183 g/mol. The number of hydrogen-bond donors (Lipinski definition) is 1. The summed E-state index contributed by atoms with van der Waals surface area (Å²) in [6.07, 6.45) is 1.43. The van der Waals surface area contributed by atoms with E-state index in [2.05, 4.69) is 0 Å². The number of nitrogens with zero attached hydrogens (tertiary/aromatic N) is 1. The Bertz CT molecular complexity index is 281. The minimum Gasteiger partial charge on any atom is -0.376 e. The molecule has 0 aromatic heterocycles. The summed E-state index contributed by atoms with van der Waals surface area (Å²) >= 11 is 0. The molecule has 0 aromatic carbocycles. The van der Waals surface area contributed by atoms with Crippen LogP contribution in [-0.4, -0.2) is 28.6 Å². The van der Waals surface area contributed by atoms with Crippen LogP contribution in [0.1, 0.15) is 26.7 Å². The van der Waals surface area contributed by atoms with Gasteiger partial charge < -0.3 is 5.11 Å². The second-order valence-corrected chi connectivity index (χ2v) is 3.03. The smallest absolute Gasteiger partial charge is 0.259 e. The van der Waals surface area contributed by atoms with Crippen LogP contribution in [0.5, 0.6) is 0 Å². The molecule has 1 aliphatic heterocycles. The largest absolute Gasteiger partial charge is 0.376 e. The maximum atomic E-state index is 11.4. The topological polar surface area (TPSA) is 57.6 Å². The molecule has 0 aromatic rings. The zero-order valence-corrected chi connectivity index (χ0v) is 7.83. The highest BCUT2D eigenvalue weighted by Gasteiger charge is 2.34. The molecule has 0 saturated carbocycles. The van der Waals surface area contributed by atoms with E-state index in [9.17, 15) is 9.59 Å². The van der Waals surface area contributed by atoms with E-state index in [-0.39, 0.29) is 11.8 Å². The molecule has 72 valence electrons. The molecule has 0 aliphatic carbocycles. The van der Waals surface area contributed by atoms with E-state index in [1.165, 1.54) is 0 Å². The summed E-state index contributed by atoms with van der Waals surface area (Å²) in [6, 6.07) is 0. The van der Waals surface area contributed by atoms with Crippen LogP contribution < -0.4 is 0 Å². The van der Waals surface area contributed by atoms with E-state index in [1.807, 2.05) is 6.92 Å². The summed E-state index contributed by atoms with van der Waals surface area (Å²) in [5.74, 6) is -0.706. The van der Waals surface area contributed by atoms with Gasteiger partial charge in [0, 0.05) is 11.1 Å². The van der Waals surface area contributed by atoms with Crippen LogP contribution in [0.25, 0.3) is 0 Å². The van der Waals surface area contributed by atoms with E-state index >= 15 is 0 Å². The molecule has 4 nitrogen and oxygen atoms in total. The predicted octanol–water partition coefficient (Wildman–Crippen LogP) is 0.422. The molecule has 0 radical (unpaired) electrons. The third-order valence-electron chi connectivity index (χ3n) is 2.16. The number of hydrogen-bond acceptors (Lipinski definition) is 3. The third-order valence-corrected chi connectivity index (χ3v) is 2.16. The van der Waals surface area contributed by atoms with Gasteiger partial charge in [-0.2, -0.15) is 0 Å². The summed E-state index contributed by atoms with van der Waals surface area (Å²) in [5, 5.41) is 8.77. The first-order chi connectivity index (χ1) is 6.13. The summed E-state index contributed by atoms with van der Waals surface area (Å²) in [6.45, 7) is 3.04. The Labute approximate surface area is 76.8 Å². The summed E-state index contributed by atoms with van der Waals surface area (Å²) < 4.78 is 0. The van der Waals surface area contributed by atoms with Crippen molar-refractivity contribution in [1.29, 1.82) is 0 Å². The molecular formula is C9H13NO3. The Kier molecular flexibility index (Phi) is 2.83. The van der Waals surface area contributed by atoms with E-state index in [1.54, 1.807) is 6.92 Å². The fourth-order valence-electron chi connectivity index (χ4n) is 1.42. The standard InChI is InChI=1S/C9H13NO3/c1-3-4-7-6(2)8(12)10(5-11)9(7)13/h11H,3-5H2,1-2H3. The van der Waals surface area contributed by atoms with Gasteiger partial charge in [-0.15, -0.1) is 0 Å². The summed E-state index contributed by atoms with van der Waals surface area (Å²) in [7, 11) is 0. The van der Waals surface area contributed by atoms with Crippen LogP contribution in [0, 0.1) is 0 Å². The fraction of sp³-hybridized carbons (Fsp3) is 0.556. The molecule has 0 atom stereocenters. The Morgan fingerprint density at radius 1 is 1.31 bits per heavy atom. The fourth-order valence-corrected chi connectivity index (χ4v) is 1.42. The molecule has 0 unspecified atom stereocenters.